The van der Waals surface area contributed by atoms with Gasteiger partial charge in [-0.3, -0.25) is 9.48 Å². The van der Waals surface area contributed by atoms with Crippen LogP contribution in [0.15, 0.2) is 6.20 Å². The molecule has 0 saturated carbocycles. The first-order valence-corrected chi connectivity index (χ1v) is 6.03. The van der Waals surface area contributed by atoms with Gasteiger partial charge in [0, 0.05) is 19.1 Å². The van der Waals surface area contributed by atoms with E-state index >= 15 is 0 Å². The predicted molar refractivity (Wildman–Crippen MR) is 63.4 cm³/mol. The minimum Gasteiger partial charge on any atom is -0.334 e. The van der Waals surface area contributed by atoms with Crippen molar-refractivity contribution in [1.82, 2.24) is 19.9 Å². The molecule has 1 amide bonds. The van der Waals surface area contributed by atoms with Crippen molar-refractivity contribution >= 4 is 5.91 Å². The van der Waals surface area contributed by atoms with E-state index in [1.807, 2.05) is 4.90 Å². The Morgan fingerprint density at radius 1 is 1.59 bits per heavy atom. The van der Waals surface area contributed by atoms with Crippen molar-refractivity contribution in [3.63, 3.8) is 0 Å². The molecule has 17 heavy (non-hydrogen) atoms. The number of carbonyl (C=O) groups is 1. The summed E-state index contributed by atoms with van der Waals surface area (Å²) < 4.78 is 1.61. The van der Waals surface area contributed by atoms with Gasteiger partial charge in [-0.15, -0.1) is 5.10 Å². The highest BCUT2D eigenvalue weighted by Gasteiger charge is 2.31. The maximum atomic E-state index is 12.2. The van der Waals surface area contributed by atoms with E-state index in [-0.39, 0.29) is 11.9 Å². The largest absolute Gasteiger partial charge is 0.334 e. The fourth-order valence-corrected chi connectivity index (χ4v) is 2.37. The van der Waals surface area contributed by atoms with Crippen molar-refractivity contribution in [2.24, 2.45) is 11.7 Å². The molecule has 2 unspecified atom stereocenters. The van der Waals surface area contributed by atoms with Crippen molar-refractivity contribution in [3.8, 4) is 0 Å². The molecule has 94 valence electrons. The molecule has 0 radical (unpaired) electrons. The first-order valence-electron chi connectivity index (χ1n) is 6.03. The Hall–Kier alpha value is -1.43. The summed E-state index contributed by atoms with van der Waals surface area (Å²) in [7, 11) is 0. The lowest BCUT2D eigenvalue weighted by molar-refractivity contribution is 0.0737. The molecule has 2 rings (SSSR count). The lowest BCUT2D eigenvalue weighted by Crippen LogP contribution is -2.34. The van der Waals surface area contributed by atoms with Crippen molar-refractivity contribution in [1.29, 1.82) is 0 Å². The molecule has 1 aliphatic rings. The summed E-state index contributed by atoms with van der Waals surface area (Å²) in [5, 5.41) is 7.79. The molecule has 2 heterocycles. The van der Waals surface area contributed by atoms with Crippen molar-refractivity contribution in [3.05, 3.63) is 11.9 Å². The van der Waals surface area contributed by atoms with Crippen LogP contribution in [0.2, 0.25) is 0 Å². The van der Waals surface area contributed by atoms with Crippen LogP contribution in [0.1, 0.15) is 30.8 Å². The third-order valence-corrected chi connectivity index (χ3v) is 3.16. The molecule has 2 atom stereocenters. The highest BCUT2D eigenvalue weighted by atomic mass is 16.2. The van der Waals surface area contributed by atoms with Crippen LogP contribution in [0.3, 0.4) is 0 Å². The van der Waals surface area contributed by atoms with Crippen LogP contribution in [-0.2, 0) is 6.54 Å². The van der Waals surface area contributed by atoms with Crippen LogP contribution >= 0.6 is 0 Å². The van der Waals surface area contributed by atoms with Gasteiger partial charge >= 0.3 is 0 Å². The molecular formula is C11H19N5O. The van der Waals surface area contributed by atoms with Crippen LogP contribution in [0, 0.1) is 5.92 Å². The Bertz CT molecular complexity index is 402. The molecule has 6 nitrogen and oxygen atoms in total. The lowest BCUT2D eigenvalue weighted by atomic mass is 10.1. The van der Waals surface area contributed by atoms with E-state index in [9.17, 15) is 4.79 Å². The van der Waals surface area contributed by atoms with E-state index in [4.69, 9.17) is 5.73 Å². The zero-order valence-electron chi connectivity index (χ0n) is 10.3. The molecule has 0 bridgehead atoms. The summed E-state index contributed by atoms with van der Waals surface area (Å²) in [6.07, 6.45) is 2.73. The smallest absolute Gasteiger partial charge is 0.276 e. The van der Waals surface area contributed by atoms with E-state index in [0.29, 0.717) is 24.7 Å². The van der Waals surface area contributed by atoms with Gasteiger partial charge in [-0.1, -0.05) is 12.1 Å². The molecule has 1 aromatic rings. The molecule has 1 saturated heterocycles. The molecule has 0 spiro atoms. The van der Waals surface area contributed by atoms with Crippen molar-refractivity contribution < 1.29 is 4.79 Å². The molecule has 6 heteroatoms. The van der Waals surface area contributed by atoms with E-state index < -0.39 is 0 Å². The lowest BCUT2D eigenvalue weighted by Gasteiger charge is -2.19. The Kier molecular flexibility index (Phi) is 3.42. The second kappa shape index (κ2) is 4.83. The Morgan fingerprint density at radius 2 is 2.35 bits per heavy atom. The van der Waals surface area contributed by atoms with Gasteiger partial charge in [0.1, 0.15) is 0 Å². The number of likely N-dealkylation sites (tertiary alicyclic amines) is 1. The second-order valence-electron chi connectivity index (χ2n) is 4.80. The summed E-state index contributed by atoms with van der Waals surface area (Å²) in [4.78, 5) is 14.1. The first-order chi connectivity index (χ1) is 8.11. The van der Waals surface area contributed by atoms with Crippen LogP contribution in [0.5, 0.6) is 0 Å². The third-order valence-electron chi connectivity index (χ3n) is 3.16. The maximum absolute atomic E-state index is 12.2. The van der Waals surface area contributed by atoms with Gasteiger partial charge in [-0.25, -0.2) is 0 Å². The van der Waals surface area contributed by atoms with Gasteiger partial charge < -0.3 is 10.6 Å². The highest BCUT2D eigenvalue weighted by molar-refractivity contribution is 5.92. The number of nitrogens with two attached hydrogens (primary N) is 1. The standard InChI is InChI=1S/C11H19N5O/c1-8-5-9(2)16(6-8)11(17)10-7-15(4-3-12)14-13-10/h7-9H,3-6,12H2,1-2H3. The van der Waals surface area contributed by atoms with E-state index in [1.54, 1.807) is 10.9 Å². The summed E-state index contributed by atoms with van der Waals surface area (Å²) in [5.41, 5.74) is 5.84. The number of rotatable bonds is 3. The number of amides is 1. The Balaban J connectivity index is 2.08. The summed E-state index contributed by atoms with van der Waals surface area (Å²) >= 11 is 0. The zero-order chi connectivity index (χ0) is 12.4. The fraction of sp³-hybridized carbons (Fsp3) is 0.727. The topological polar surface area (TPSA) is 77.0 Å². The van der Waals surface area contributed by atoms with Gasteiger partial charge in [-0.05, 0) is 19.3 Å². The van der Waals surface area contributed by atoms with Crippen LogP contribution in [0.4, 0.5) is 0 Å². The van der Waals surface area contributed by atoms with Crippen molar-refractivity contribution in [2.75, 3.05) is 13.1 Å². The highest BCUT2D eigenvalue weighted by Crippen LogP contribution is 2.23. The van der Waals surface area contributed by atoms with Crippen LogP contribution < -0.4 is 5.73 Å². The average Bonchev–Trinajstić information content (AvgIpc) is 2.85. The van der Waals surface area contributed by atoms with E-state index in [2.05, 4.69) is 24.2 Å². The second-order valence-corrected chi connectivity index (χ2v) is 4.80. The predicted octanol–water partition coefficient (Wildman–Crippen LogP) is 0.107. The van der Waals surface area contributed by atoms with Crippen LogP contribution in [0.25, 0.3) is 0 Å². The molecular weight excluding hydrogens is 218 g/mol. The van der Waals surface area contributed by atoms with E-state index in [0.717, 1.165) is 13.0 Å². The summed E-state index contributed by atoms with van der Waals surface area (Å²) in [6, 6.07) is 0.289. The first kappa shape index (κ1) is 12.0. The number of carbonyl (C=O) groups excluding carboxylic acids is 1. The zero-order valence-corrected chi connectivity index (χ0v) is 10.3. The monoisotopic (exact) mass is 237 g/mol. The Morgan fingerprint density at radius 3 is 2.94 bits per heavy atom. The van der Waals surface area contributed by atoms with Crippen molar-refractivity contribution in [2.45, 2.75) is 32.9 Å². The average molecular weight is 237 g/mol. The molecule has 0 aromatic carbocycles. The number of hydrogen-bond acceptors (Lipinski definition) is 4. The third kappa shape index (κ3) is 2.46. The summed E-state index contributed by atoms with van der Waals surface area (Å²) in [5.74, 6) is 0.540. The summed E-state index contributed by atoms with van der Waals surface area (Å²) in [6.45, 7) is 6.13. The molecule has 0 aliphatic carbocycles. The SMILES string of the molecule is CC1CC(C)N(C(=O)c2cn(CCN)nn2)C1. The molecule has 2 N–H and O–H groups in total. The molecule has 1 aliphatic heterocycles. The maximum Gasteiger partial charge on any atom is 0.276 e. The van der Waals surface area contributed by atoms with Gasteiger partial charge in [0.15, 0.2) is 5.69 Å². The minimum atomic E-state index is -0.0230. The normalized spacial score (nSPS) is 24.3. The molecule has 1 fully saturated rings. The van der Waals surface area contributed by atoms with Gasteiger partial charge in [0.05, 0.1) is 12.7 Å². The minimum absolute atomic E-state index is 0.0230. The van der Waals surface area contributed by atoms with E-state index in [1.165, 1.54) is 0 Å². The quantitative estimate of drug-likeness (QED) is 0.809. The van der Waals surface area contributed by atoms with Crippen LogP contribution in [-0.4, -0.2) is 44.9 Å². The van der Waals surface area contributed by atoms with Gasteiger partial charge in [-0.2, -0.15) is 0 Å². The fourth-order valence-electron chi connectivity index (χ4n) is 2.37. The number of aromatic nitrogens is 3. The number of hydrogen-bond donors (Lipinski definition) is 1. The molecule has 1 aromatic heterocycles. The Labute approximate surface area is 101 Å². The van der Waals surface area contributed by atoms with Gasteiger partial charge in [0.25, 0.3) is 5.91 Å². The van der Waals surface area contributed by atoms with Gasteiger partial charge in [0.2, 0.25) is 0 Å². The number of nitrogens with zero attached hydrogens (tertiary/aromatic N) is 4.